The number of hydrogen-bond acceptors (Lipinski definition) is 1. The van der Waals surface area contributed by atoms with Gasteiger partial charge in [-0.2, -0.15) is 0 Å². The predicted molar refractivity (Wildman–Crippen MR) is 99.7 cm³/mol. The Morgan fingerprint density at radius 1 is 0.810 bits per heavy atom. The molecular formula is C19H40OSn. The maximum atomic E-state index is 5.85. The van der Waals surface area contributed by atoms with Crippen LogP contribution in [0.5, 0.6) is 0 Å². The van der Waals surface area contributed by atoms with Gasteiger partial charge in [-0.25, -0.2) is 0 Å². The van der Waals surface area contributed by atoms with Crippen molar-refractivity contribution in [1.82, 2.24) is 0 Å². The fourth-order valence-corrected chi connectivity index (χ4v) is 17.4. The van der Waals surface area contributed by atoms with E-state index in [4.69, 9.17) is 4.74 Å². The summed E-state index contributed by atoms with van der Waals surface area (Å²) in [6.45, 7) is 12.2. The van der Waals surface area contributed by atoms with Gasteiger partial charge in [0, 0.05) is 0 Å². The third kappa shape index (κ3) is 9.99. The first-order valence-corrected chi connectivity index (χ1v) is 17.2. The van der Waals surface area contributed by atoms with E-state index in [1.165, 1.54) is 38.5 Å². The summed E-state index contributed by atoms with van der Waals surface area (Å²) in [6.07, 6.45) is 12.3. The third-order valence-electron chi connectivity index (χ3n) is 4.53. The number of ether oxygens (including phenoxy) is 1. The van der Waals surface area contributed by atoms with Crippen LogP contribution in [-0.4, -0.2) is 31.1 Å². The van der Waals surface area contributed by atoms with Crippen molar-refractivity contribution in [3.8, 4) is 0 Å². The van der Waals surface area contributed by atoms with Crippen LogP contribution in [0.2, 0.25) is 13.3 Å². The summed E-state index contributed by atoms with van der Waals surface area (Å²) in [5, 5.41) is 0. The first kappa shape index (κ1) is 21.5. The first-order valence-electron chi connectivity index (χ1n) is 9.48. The monoisotopic (exact) mass is 404 g/mol. The summed E-state index contributed by atoms with van der Waals surface area (Å²) in [6, 6.07) is 0. The fraction of sp³-hybridized carbons (Fsp3) is 0.895. The van der Waals surface area contributed by atoms with Crippen molar-refractivity contribution in [2.75, 3.05) is 6.61 Å². The van der Waals surface area contributed by atoms with Crippen LogP contribution >= 0.6 is 0 Å². The SMILES string of the molecule is CCC[CH2][Sn](/[CH]=C/C(CC)OCC)([CH2]CCC)[CH2]CCC. The first-order chi connectivity index (χ1) is 10.2. The van der Waals surface area contributed by atoms with E-state index in [0.29, 0.717) is 6.10 Å². The quantitative estimate of drug-likeness (QED) is 0.292. The minimum absolute atomic E-state index is 0.357. The van der Waals surface area contributed by atoms with Gasteiger partial charge >= 0.3 is 139 Å². The Balaban J connectivity index is 4.94. The molecule has 0 saturated heterocycles. The van der Waals surface area contributed by atoms with Crippen molar-refractivity contribution >= 4 is 18.4 Å². The molecule has 0 bridgehead atoms. The molecule has 0 aliphatic rings. The second-order valence-electron chi connectivity index (χ2n) is 6.43. The summed E-state index contributed by atoms with van der Waals surface area (Å²) < 4.78 is 13.3. The Bertz CT molecular complexity index is 228. The van der Waals surface area contributed by atoms with Crippen molar-refractivity contribution < 1.29 is 4.74 Å². The molecule has 0 radical (unpaired) electrons. The van der Waals surface area contributed by atoms with Crippen LogP contribution in [0.1, 0.15) is 79.6 Å². The molecule has 2 heteroatoms. The molecule has 1 atom stereocenters. The molecule has 0 amide bonds. The summed E-state index contributed by atoms with van der Waals surface area (Å²) in [7, 11) is 0. The summed E-state index contributed by atoms with van der Waals surface area (Å²) in [5.74, 6) is 0. The maximum absolute atomic E-state index is 5.85. The normalized spacial score (nSPS) is 14.0. The Hall–Kier alpha value is 0.499. The van der Waals surface area contributed by atoms with Crippen LogP contribution in [-0.2, 0) is 4.74 Å². The molecule has 0 rings (SSSR count). The van der Waals surface area contributed by atoms with E-state index in [0.717, 1.165) is 13.0 Å². The molecule has 0 N–H and O–H groups in total. The number of rotatable bonds is 14. The molecule has 1 nitrogen and oxygen atoms in total. The Morgan fingerprint density at radius 3 is 1.62 bits per heavy atom. The molecule has 0 saturated carbocycles. The second-order valence-corrected chi connectivity index (χ2v) is 19.4. The molecule has 21 heavy (non-hydrogen) atoms. The van der Waals surface area contributed by atoms with Gasteiger partial charge in [-0.1, -0.05) is 0 Å². The molecule has 0 fully saturated rings. The standard InChI is InChI=1S/C7H13O.3C4H9.Sn/c1-4-7(5-2)8-6-3;3*1-3-4-2;/h1,4,7H,5-6H2,2-3H3;3*1,3-4H2,2H3;. The molecular weight excluding hydrogens is 363 g/mol. The summed E-state index contributed by atoms with van der Waals surface area (Å²) >= 11 is -2.07. The average molecular weight is 403 g/mol. The van der Waals surface area contributed by atoms with Crippen molar-refractivity contribution in [2.45, 2.75) is 99.0 Å². The topological polar surface area (TPSA) is 9.23 Å². The van der Waals surface area contributed by atoms with Gasteiger partial charge in [-0.05, 0) is 0 Å². The number of unbranched alkanes of at least 4 members (excludes halogenated alkanes) is 3. The zero-order chi connectivity index (χ0) is 16.0. The molecule has 0 heterocycles. The van der Waals surface area contributed by atoms with Gasteiger partial charge in [-0.15, -0.1) is 0 Å². The van der Waals surface area contributed by atoms with Gasteiger partial charge in [0.2, 0.25) is 0 Å². The summed E-state index contributed by atoms with van der Waals surface area (Å²) in [5.41, 5.74) is 0. The zero-order valence-corrected chi connectivity index (χ0v) is 18.3. The second kappa shape index (κ2) is 14.1. The Kier molecular flexibility index (Phi) is 14.4. The fourth-order valence-electron chi connectivity index (χ4n) is 3.05. The predicted octanol–water partition coefficient (Wildman–Crippen LogP) is 6.75. The minimum atomic E-state index is -2.07. The van der Waals surface area contributed by atoms with Crippen molar-refractivity contribution in [2.24, 2.45) is 0 Å². The van der Waals surface area contributed by atoms with Gasteiger partial charge in [0.05, 0.1) is 0 Å². The number of hydrogen-bond donors (Lipinski definition) is 0. The van der Waals surface area contributed by atoms with Crippen molar-refractivity contribution in [3.63, 3.8) is 0 Å². The van der Waals surface area contributed by atoms with Gasteiger partial charge in [0.25, 0.3) is 0 Å². The molecule has 0 aromatic carbocycles. The van der Waals surface area contributed by atoms with E-state index >= 15 is 0 Å². The van der Waals surface area contributed by atoms with Gasteiger partial charge in [-0.3, -0.25) is 0 Å². The molecule has 0 aromatic rings. The Morgan fingerprint density at radius 2 is 1.29 bits per heavy atom. The summed E-state index contributed by atoms with van der Waals surface area (Å²) in [4.78, 5) is 0. The molecule has 126 valence electrons. The van der Waals surface area contributed by atoms with Gasteiger partial charge in [0.15, 0.2) is 0 Å². The van der Waals surface area contributed by atoms with E-state index in [2.05, 4.69) is 44.8 Å². The van der Waals surface area contributed by atoms with Crippen LogP contribution in [0.15, 0.2) is 10.2 Å². The van der Waals surface area contributed by atoms with Gasteiger partial charge < -0.3 is 0 Å². The molecule has 0 spiro atoms. The zero-order valence-electron chi connectivity index (χ0n) is 15.4. The molecule has 1 unspecified atom stereocenters. The van der Waals surface area contributed by atoms with E-state index < -0.39 is 18.4 Å². The van der Waals surface area contributed by atoms with Crippen LogP contribution in [0.25, 0.3) is 0 Å². The van der Waals surface area contributed by atoms with Crippen molar-refractivity contribution in [3.05, 3.63) is 10.2 Å². The van der Waals surface area contributed by atoms with E-state index in [9.17, 15) is 0 Å². The van der Waals surface area contributed by atoms with E-state index in [-0.39, 0.29) is 0 Å². The van der Waals surface area contributed by atoms with Crippen LogP contribution < -0.4 is 0 Å². The third-order valence-corrected chi connectivity index (χ3v) is 18.7. The van der Waals surface area contributed by atoms with Crippen LogP contribution in [0, 0.1) is 0 Å². The average Bonchev–Trinajstić information content (AvgIpc) is 2.52. The molecule has 0 aliphatic carbocycles. The van der Waals surface area contributed by atoms with Crippen LogP contribution in [0.3, 0.4) is 0 Å². The Labute approximate surface area is 138 Å². The van der Waals surface area contributed by atoms with E-state index in [1.807, 2.05) is 0 Å². The van der Waals surface area contributed by atoms with Gasteiger partial charge in [0.1, 0.15) is 0 Å². The van der Waals surface area contributed by atoms with E-state index in [1.54, 1.807) is 13.3 Å². The van der Waals surface area contributed by atoms with Crippen LogP contribution in [0.4, 0.5) is 0 Å². The van der Waals surface area contributed by atoms with Crippen molar-refractivity contribution in [1.29, 1.82) is 0 Å². The molecule has 0 aliphatic heterocycles. The molecule has 0 aromatic heterocycles.